The molecular formula is C24H30N11O8S2+. The molecule has 21 heteroatoms. The smallest absolute Gasteiger partial charge is 0.352 e. The molecule has 0 aromatic carbocycles. The summed E-state index contributed by atoms with van der Waals surface area (Å²) in [5.41, 5.74) is 10.0. The van der Waals surface area contributed by atoms with Crippen molar-refractivity contribution in [2.75, 3.05) is 35.6 Å². The molecule has 0 unspecified atom stereocenters. The summed E-state index contributed by atoms with van der Waals surface area (Å²) in [6.07, 6.45) is 1.59. The molecule has 0 bridgehead atoms. The Morgan fingerprint density at radius 3 is 2.56 bits per heavy atom. The van der Waals surface area contributed by atoms with Crippen LogP contribution in [0.3, 0.4) is 0 Å². The second-order valence-corrected chi connectivity index (χ2v) is 12.7. The SMILES string of the molecule is Cn1c(N)c(NC(=O)C2CNC2)c[n+]1CC1=C(C(=O)O)N2C(=O)[C@@H](NC(=O)/C(=N\OC(C)(C)C(=O)O)c3nsc(N)n3)[C@H]2SC1. The molecule has 3 aliphatic heterocycles. The largest absolute Gasteiger partial charge is 0.478 e. The maximum absolute atomic E-state index is 13.3. The van der Waals surface area contributed by atoms with Crippen LogP contribution in [0.2, 0.25) is 0 Å². The molecule has 2 aromatic rings. The minimum absolute atomic E-state index is 0.00325. The molecule has 19 nitrogen and oxygen atoms in total. The third-order valence-electron chi connectivity index (χ3n) is 7.34. The van der Waals surface area contributed by atoms with Gasteiger partial charge in [0.2, 0.25) is 29.2 Å². The number of aromatic nitrogens is 4. The number of hydrogen-bond acceptors (Lipinski definition) is 14. The van der Waals surface area contributed by atoms with Gasteiger partial charge >= 0.3 is 11.9 Å². The van der Waals surface area contributed by atoms with Crippen LogP contribution in [0, 0.1) is 5.92 Å². The number of thioether (sulfide) groups is 1. The van der Waals surface area contributed by atoms with Crippen molar-refractivity contribution >= 4 is 75.3 Å². The van der Waals surface area contributed by atoms with Crippen LogP contribution in [0.4, 0.5) is 16.6 Å². The molecule has 3 aliphatic rings. The summed E-state index contributed by atoms with van der Waals surface area (Å²) in [6, 6.07) is -1.15. The van der Waals surface area contributed by atoms with Gasteiger partial charge in [0.25, 0.3) is 11.8 Å². The second kappa shape index (κ2) is 12.0. The Balaban J connectivity index is 1.34. The standard InChI is InChI=1S/C24H29N11O8S2/c1-24(2,22(41)42)43-31-12(16-30-23(26)45-32-16)18(37)29-13-19(38)35-14(21(39)40)10(8-44-20(13)35)6-34-7-11(15(25)33(34)3)28-17(36)9-4-27-5-9/h7,9,13,20,25,27H,4-6,8H2,1-3H3,(H6,26,28,29,30,32,36,37,39,40,41,42)/p+1/b31-12-/t13-,20-/m1/s1. The average Bonchev–Trinajstić information content (AvgIpc) is 3.48. The van der Waals surface area contributed by atoms with Crippen LogP contribution >= 0.6 is 23.3 Å². The van der Waals surface area contributed by atoms with E-state index >= 15 is 0 Å². The van der Waals surface area contributed by atoms with Gasteiger partial charge in [-0.25, -0.2) is 9.59 Å². The Labute approximate surface area is 262 Å². The first-order chi connectivity index (χ1) is 21.2. The first kappa shape index (κ1) is 31.7. The molecule has 0 aliphatic carbocycles. The molecule has 2 aromatic heterocycles. The summed E-state index contributed by atoms with van der Waals surface area (Å²) in [4.78, 5) is 72.9. The Morgan fingerprint density at radius 1 is 1.27 bits per heavy atom. The van der Waals surface area contributed by atoms with Crippen molar-refractivity contribution in [2.24, 2.45) is 18.1 Å². The van der Waals surface area contributed by atoms with Gasteiger partial charge in [-0.2, -0.15) is 9.36 Å². The molecule has 2 saturated heterocycles. The van der Waals surface area contributed by atoms with Crippen molar-refractivity contribution in [1.29, 1.82) is 0 Å². The van der Waals surface area contributed by atoms with Crippen LogP contribution in [-0.2, 0) is 42.4 Å². The summed E-state index contributed by atoms with van der Waals surface area (Å²) in [6.45, 7) is 3.61. The molecule has 240 valence electrons. The molecule has 0 saturated carbocycles. The molecule has 0 radical (unpaired) electrons. The number of amides is 3. The first-order valence-corrected chi connectivity index (χ1v) is 15.2. The number of rotatable bonds is 11. The van der Waals surface area contributed by atoms with Crippen LogP contribution in [0.5, 0.6) is 0 Å². The van der Waals surface area contributed by atoms with Gasteiger partial charge in [0.05, 0.1) is 13.0 Å². The van der Waals surface area contributed by atoms with E-state index in [4.69, 9.17) is 16.3 Å². The summed E-state index contributed by atoms with van der Waals surface area (Å²) in [7, 11) is 1.65. The Morgan fingerprint density at radius 2 is 1.98 bits per heavy atom. The van der Waals surface area contributed by atoms with Crippen molar-refractivity contribution < 1.29 is 43.7 Å². The zero-order valence-corrected chi connectivity index (χ0v) is 25.8. The summed E-state index contributed by atoms with van der Waals surface area (Å²) < 4.78 is 7.12. The van der Waals surface area contributed by atoms with E-state index in [0.29, 0.717) is 24.4 Å². The molecule has 0 spiro atoms. The van der Waals surface area contributed by atoms with Crippen molar-refractivity contribution in [2.45, 2.75) is 37.4 Å². The lowest BCUT2D eigenvalue weighted by Crippen LogP contribution is -2.71. The fraction of sp³-hybridized carbons (Fsp3) is 0.458. The molecule has 3 amide bonds. The van der Waals surface area contributed by atoms with E-state index in [1.165, 1.54) is 25.6 Å². The van der Waals surface area contributed by atoms with E-state index < -0.39 is 46.5 Å². The highest BCUT2D eigenvalue weighted by atomic mass is 32.2. The van der Waals surface area contributed by atoms with E-state index in [1.807, 2.05) is 0 Å². The quantitative estimate of drug-likeness (QED) is 0.0567. The maximum atomic E-state index is 13.3. The number of oxime groups is 1. The van der Waals surface area contributed by atoms with Gasteiger partial charge in [-0.3, -0.25) is 19.3 Å². The lowest BCUT2D eigenvalue weighted by molar-refractivity contribution is -0.765. The number of carboxylic acid groups (broad SMARTS) is 2. The number of carbonyl (C=O) groups is 5. The fourth-order valence-electron chi connectivity index (χ4n) is 4.50. The van der Waals surface area contributed by atoms with Gasteiger partial charge in [-0.1, -0.05) is 5.16 Å². The number of fused-ring (bicyclic) bond motifs is 1. The van der Waals surface area contributed by atoms with Gasteiger partial charge in [0, 0.05) is 35.9 Å². The molecule has 2 fully saturated rings. The Kier molecular flexibility index (Phi) is 8.42. The minimum Gasteiger partial charge on any atom is -0.478 e. The predicted octanol–water partition coefficient (Wildman–Crippen LogP) is -2.49. The lowest BCUT2D eigenvalue weighted by atomic mass is 10.0. The minimum atomic E-state index is -1.81. The highest BCUT2D eigenvalue weighted by Gasteiger charge is 2.55. The van der Waals surface area contributed by atoms with Gasteiger partial charge in [-0.05, 0) is 13.8 Å². The number of β-lactam (4-membered cyclic amide) rings is 1. The highest BCUT2D eigenvalue weighted by Crippen LogP contribution is 2.40. The van der Waals surface area contributed by atoms with Crippen molar-refractivity contribution in [3.05, 3.63) is 23.3 Å². The average molecular weight is 665 g/mol. The molecule has 2 atom stereocenters. The Bertz CT molecular complexity index is 1660. The number of nitrogens with one attached hydrogen (secondary N) is 3. The molecule has 45 heavy (non-hydrogen) atoms. The zero-order valence-electron chi connectivity index (χ0n) is 24.1. The predicted molar refractivity (Wildman–Crippen MR) is 158 cm³/mol. The number of nitrogens with zero attached hydrogens (tertiary/aromatic N) is 6. The molecular weight excluding hydrogens is 634 g/mol. The van der Waals surface area contributed by atoms with Crippen LogP contribution in [0.1, 0.15) is 19.7 Å². The van der Waals surface area contributed by atoms with E-state index in [1.54, 1.807) is 22.6 Å². The summed E-state index contributed by atoms with van der Waals surface area (Å²) in [5.74, 6) is -4.48. The summed E-state index contributed by atoms with van der Waals surface area (Å²) >= 11 is 1.99. The van der Waals surface area contributed by atoms with Gasteiger partial charge in [0.15, 0.2) is 23.2 Å². The molecule has 5 rings (SSSR count). The van der Waals surface area contributed by atoms with Crippen LogP contribution in [-0.4, -0.2) is 100 Å². The number of nitrogens with two attached hydrogens (primary N) is 2. The number of nitrogen functional groups attached to an aromatic ring is 2. The fourth-order valence-corrected chi connectivity index (χ4v) is 6.27. The third-order valence-corrected chi connectivity index (χ3v) is 9.22. The molecule has 5 heterocycles. The maximum Gasteiger partial charge on any atom is 0.352 e. The van der Waals surface area contributed by atoms with Crippen molar-refractivity contribution in [3.63, 3.8) is 0 Å². The topological polar surface area (TPSA) is 273 Å². The van der Waals surface area contributed by atoms with Crippen LogP contribution < -0.4 is 32.1 Å². The van der Waals surface area contributed by atoms with Crippen molar-refractivity contribution in [3.8, 4) is 0 Å². The van der Waals surface area contributed by atoms with E-state index in [0.717, 1.165) is 16.4 Å². The van der Waals surface area contributed by atoms with Crippen LogP contribution in [0.15, 0.2) is 22.6 Å². The van der Waals surface area contributed by atoms with Gasteiger partial charge in [0.1, 0.15) is 17.1 Å². The van der Waals surface area contributed by atoms with E-state index in [9.17, 15) is 34.2 Å². The third kappa shape index (κ3) is 6.00. The zero-order chi connectivity index (χ0) is 32.8. The first-order valence-electron chi connectivity index (χ1n) is 13.4. The van der Waals surface area contributed by atoms with E-state index in [2.05, 4.69) is 30.5 Å². The number of carboxylic acids is 2. The number of hydrogen-bond donors (Lipinski definition) is 7. The molecule has 9 N–H and O–H groups in total. The van der Waals surface area contributed by atoms with Crippen LogP contribution in [0.25, 0.3) is 0 Å². The lowest BCUT2D eigenvalue weighted by Gasteiger charge is -2.49. The number of aliphatic carboxylic acids is 2. The number of carbonyl (C=O) groups excluding carboxylic acids is 3. The second-order valence-electron chi connectivity index (χ2n) is 10.8. The number of anilines is 3. The van der Waals surface area contributed by atoms with Crippen molar-refractivity contribution in [1.82, 2.24) is 29.6 Å². The Hall–Kier alpha value is -4.76. The monoisotopic (exact) mass is 664 g/mol. The van der Waals surface area contributed by atoms with Gasteiger partial charge < -0.3 is 42.5 Å². The normalized spacial score (nSPS) is 20.2. The summed E-state index contributed by atoms with van der Waals surface area (Å²) in [5, 5.41) is 30.7. The van der Waals surface area contributed by atoms with Gasteiger partial charge in [-0.15, -0.1) is 21.1 Å². The van der Waals surface area contributed by atoms with E-state index in [-0.39, 0.29) is 46.6 Å². The highest BCUT2D eigenvalue weighted by molar-refractivity contribution is 8.00.